The van der Waals surface area contributed by atoms with Gasteiger partial charge in [0.15, 0.2) is 5.60 Å². The summed E-state index contributed by atoms with van der Waals surface area (Å²) < 4.78 is 23.4. The molecule has 10 nitrogen and oxygen atoms in total. The molecule has 57 heavy (non-hydrogen) atoms. The molecule has 298 valence electrons. The molecule has 0 aliphatic carbocycles. The molecule has 4 atom stereocenters. The highest BCUT2D eigenvalue weighted by Gasteiger charge is 2.67. The van der Waals surface area contributed by atoms with Gasteiger partial charge in [-0.25, -0.2) is 0 Å². The number of aliphatic hydroxyl groups is 1. The highest BCUT2D eigenvalue weighted by Crippen LogP contribution is 2.60. The number of nitrogens with zero attached hydrogens (tertiary/aromatic N) is 4. The molecule has 0 aromatic heterocycles. The van der Waals surface area contributed by atoms with Crippen LogP contribution in [0.25, 0.3) is 0 Å². The number of carbonyl (C=O) groups excluding carboxylic acids is 3. The molecule has 2 N–H and O–H groups in total. The molecule has 0 unspecified atom stereocenters. The van der Waals surface area contributed by atoms with Gasteiger partial charge in [0.2, 0.25) is 14.3 Å². The van der Waals surface area contributed by atoms with E-state index in [1.54, 1.807) is 22.9 Å². The lowest BCUT2D eigenvalue weighted by molar-refractivity contribution is -0.150. The number of ether oxygens (including phenoxy) is 1. The quantitative estimate of drug-likeness (QED) is 0.135. The number of carbonyl (C=O) groups is 3. The average molecular weight is 790 g/mol. The van der Waals surface area contributed by atoms with Gasteiger partial charge in [-0.2, -0.15) is 0 Å². The van der Waals surface area contributed by atoms with Gasteiger partial charge in [-0.15, -0.1) is 0 Å². The number of hydrogen-bond donors (Lipinski definition) is 2. The summed E-state index contributed by atoms with van der Waals surface area (Å²) in [7, 11) is -3.52. The lowest BCUT2D eigenvalue weighted by atomic mass is 9.82. The second kappa shape index (κ2) is 15.5. The Kier molecular flexibility index (Phi) is 10.6. The highest BCUT2D eigenvalue weighted by molar-refractivity contribution is 6.72. The van der Waals surface area contributed by atoms with Crippen LogP contribution in [0.3, 0.4) is 0 Å². The maximum Gasteiger partial charge on any atom is 0.264 e. The molecular weight excluding hydrogens is 738 g/mol. The van der Waals surface area contributed by atoms with E-state index >= 15 is 8.90 Å². The van der Waals surface area contributed by atoms with Crippen LogP contribution in [0.4, 0.5) is 21.2 Å². The monoisotopic (exact) mass is 789 g/mol. The Morgan fingerprint density at radius 3 is 2.25 bits per heavy atom. The standard InChI is InChI=1S/C45H52FN5O5Si/c1-32-41(57(2,3)46)39(28-40(53)48(25-26-52)29-33-13-6-4-7-14-33)56-45(32)37-19-10-11-20-38(37)49(43(45)55)30-34-15-12-18-36(27-34)50-31-51(35-16-8-5-9-17-35)44(42(50)54)21-23-47-24-22-44/h4-20,27,32,39,41,47,52H,21-26,28-31H2,1-3H3/t32-,39+,41-,45+/m0/s1. The van der Waals surface area contributed by atoms with Crippen LogP contribution >= 0.6 is 0 Å². The Morgan fingerprint density at radius 2 is 1.54 bits per heavy atom. The third kappa shape index (κ3) is 6.86. The first kappa shape index (κ1) is 39.0. The number of amides is 3. The third-order valence-electron chi connectivity index (χ3n) is 12.7. The van der Waals surface area contributed by atoms with E-state index in [2.05, 4.69) is 22.3 Å². The minimum Gasteiger partial charge on any atom is -0.395 e. The number of hydrogen-bond acceptors (Lipinski definition) is 7. The van der Waals surface area contributed by atoms with Crippen LogP contribution in [0.1, 0.15) is 42.9 Å². The van der Waals surface area contributed by atoms with Crippen LogP contribution in [0.15, 0.2) is 109 Å². The van der Waals surface area contributed by atoms with Crippen LogP contribution in [0, 0.1) is 5.92 Å². The number of halogens is 1. The zero-order valence-electron chi connectivity index (χ0n) is 32.9. The summed E-state index contributed by atoms with van der Waals surface area (Å²) in [5, 5.41) is 13.3. The fourth-order valence-corrected chi connectivity index (χ4v) is 12.5. The molecule has 4 heterocycles. The predicted molar refractivity (Wildman–Crippen MR) is 222 cm³/mol. The van der Waals surface area contributed by atoms with Crippen molar-refractivity contribution in [2.75, 3.05) is 47.6 Å². The molecule has 0 saturated carbocycles. The van der Waals surface area contributed by atoms with E-state index in [1.807, 2.05) is 109 Å². The Bertz CT molecular complexity index is 2110. The van der Waals surface area contributed by atoms with E-state index in [1.165, 1.54) is 0 Å². The van der Waals surface area contributed by atoms with Crippen LogP contribution in [0.2, 0.25) is 18.6 Å². The van der Waals surface area contributed by atoms with Gasteiger partial charge in [0.05, 0.1) is 38.0 Å². The smallest absolute Gasteiger partial charge is 0.264 e. The van der Waals surface area contributed by atoms with Crippen molar-refractivity contribution in [1.29, 1.82) is 0 Å². The molecule has 2 spiro atoms. The first-order valence-corrected chi connectivity index (χ1v) is 23.1. The minimum absolute atomic E-state index is 0.0747. The maximum absolute atomic E-state index is 16.5. The van der Waals surface area contributed by atoms with Gasteiger partial charge < -0.3 is 34.0 Å². The SMILES string of the molecule is C[C@H]1[C@H]([Si](C)(C)F)[C@@H](CC(=O)N(CCO)Cc2ccccc2)O[C@]12C(=O)N(Cc1cccc(N3CN(c4ccccc4)C4(CCNCC4)C3=O)c1)c1ccccc12. The number of para-hydroxylation sites is 2. The lowest BCUT2D eigenvalue weighted by Gasteiger charge is -2.39. The Morgan fingerprint density at radius 1 is 0.895 bits per heavy atom. The van der Waals surface area contributed by atoms with Crippen LogP contribution in [-0.2, 0) is 37.8 Å². The Hall–Kier alpha value is -4.88. The molecule has 4 aromatic carbocycles. The van der Waals surface area contributed by atoms with Gasteiger partial charge in [0, 0.05) is 41.5 Å². The Labute approximate surface area is 335 Å². The number of piperidine rings is 1. The van der Waals surface area contributed by atoms with Crippen LogP contribution in [0.5, 0.6) is 0 Å². The van der Waals surface area contributed by atoms with E-state index in [4.69, 9.17) is 4.74 Å². The van der Waals surface area contributed by atoms with Crippen molar-refractivity contribution in [3.05, 3.63) is 126 Å². The van der Waals surface area contributed by atoms with Crippen molar-refractivity contribution in [1.82, 2.24) is 10.2 Å². The number of aliphatic hydroxyl groups excluding tert-OH is 1. The third-order valence-corrected chi connectivity index (χ3v) is 15.1. The Balaban J connectivity index is 1.08. The fourth-order valence-electron chi connectivity index (χ4n) is 10.0. The summed E-state index contributed by atoms with van der Waals surface area (Å²) in [5.74, 6) is -1.02. The molecule has 3 saturated heterocycles. The number of rotatable bonds is 11. The summed E-state index contributed by atoms with van der Waals surface area (Å²) in [6, 6.07) is 35.0. The van der Waals surface area contributed by atoms with Gasteiger partial charge in [0.25, 0.3) is 11.8 Å². The van der Waals surface area contributed by atoms with Gasteiger partial charge in [-0.3, -0.25) is 19.3 Å². The van der Waals surface area contributed by atoms with E-state index in [-0.39, 0.29) is 43.8 Å². The second-order valence-corrected chi connectivity index (χ2v) is 20.3. The molecule has 4 aliphatic heterocycles. The van der Waals surface area contributed by atoms with Crippen molar-refractivity contribution < 1.29 is 28.3 Å². The first-order valence-electron chi connectivity index (χ1n) is 20.1. The molecule has 4 aromatic rings. The van der Waals surface area contributed by atoms with Crippen LogP contribution < -0.4 is 20.0 Å². The van der Waals surface area contributed by atoms with Gasteiger partial charge >= 0.3 is 0 Å². The average Bonchev–Trinajstić information content (AvgIpc) is 3.76. The molecule has 8 rings (SSSR count). The number of anilines is 3. The molecule has 0 radical (unpaired) electrons. The van der Waals surface area contributed by atoms with E-state index in [0.717, 1.165) is 35.6 Å². The topological polar surface area (TPSA) is 106 Å². The zero-order valence-corrected chi connectivity index (χ0v) is 33.9. The maximum atomic E-state index is 16.5. The zero-order chi connectivity index (χ0) is 40.0. The number of fused-ring (bicyclic) bond motifs is 2. The molecule has 12 heteroatoms. The largest absolute Gasteiger partial charge is 0.395 e. The summed E-state index contributed by atoms with van der Waals surface area (Å²) in [6.07, 6.45) is 0.458. The number of nitrogens with one attached hydrogen (secondary N) is 1. The normalized spacial score (nSPS) is 24.2. The van der Waals surface area contributed by atoms with Crippen molar-refractivity contribution in [2.24, 2.45) is 5.92 Å². The summed E-state index contributed by atoms with van der Waals surface area (Å²) >= 11 is 0. The van der Waals surface area contributed by atoms with E-state index in [0.29, 0.717) is 37.3 Å². The molecule has 4 aliphatic rings. The van der Waals surface area contributed by atoms with Crippen molar-refractivity contribution in [3.63, 3.8) is 0 Å². The lowest BCUT2D eigenvalue weighted by Crippen LogP contribution is -2.55. The minimum atomic E-state index is -3.52. The van der Waals surface area contributed by atoms with Crippen LogP contribution in [-0.4, -0.2) is 80.7 Å². The summed E-state index contributed by atoms with van der Waals surface area (Å²) in [6.45, 7) is 7.51. The molecule has 3 amide bonds. The van der Waals surface area contributed by atoms with E-state index in [9.17, 15) is 14.7 Å². The van der Waals surface area contributed by atoms with Gasteiger partial charge in [-0.1, -0.05) is 85.8 Å². The summed E-state index contributed by atoms with van der Waals surface area (Å²) in [4.78, 5) is 50.9. The van der Waals surface area contributed by atoms with E-state index < -0.39 is 37.1 Å². The molecule has 0 bridgehead atoms. The van der Waals surface area contributed by atoms with Crippen molar-refractivity contribution in [2.45, 2.75) is 75.2 Å². The predicted octanol–water partition coefficient (Wildman–Crippen LogP) is 6.35. The van der Waals surface area contributed by atoms with Gasteiger partial charge in [0.1, 0.15) is 5.54 Å². The number of benzene rings is 4. The van der Waals surface area contributed by atoms with Crippen molar-refractivity contribution >= 4 is 43.2 Å². The highest BCUT2D eigenvalue weighted by atomic mass is 28.4. The fraction of sp³-hybridized carbons (Fsp3) is 0.400. The van der Waals surface area contributed by atoms with Gasteiger partial charge in [-0.05, 0) is 80.5 Å². The molecule has 3 fully saturated rings. The second-order valence-electron chi connectivity index (χ2n) is 16.5. The first-order chi connectivity index (χ1) is 27.5. The van der Waals surface area contributed by atoms with Crippen molar-refractivity contribution in [3.8, 4) is 0 Å². The molecular formula is C45H52FN5O5Si. The summed E-state index contributed by atoms with van der Waals surface area (Å²) in [5.41, 5.74) is 2.12.